The lowest BCUT2D eigenvalue weighted by Gasteiger charge is -2.24. The summed E-state index contributed by atoms with van der Waals surface area (Å²) in [6.07, 6.45) is 4.70. The Morgan fingerprint density at radius 2 is 2.19 bits per heavy atom. The van der Waals surface area contributed by atoms with Crippen LogP contribution < -0.4 is 5.73 Å². The highest BCUT2D eigenvalue weighted by molar-refractivity contribution is 7.98. The first-order valence-corrected chi connectivity index (χ1v) is 7.20. The summed E-state index contributed by atoms with van der Waals surface area (Å²) in [6.45, 7) is 3.18. The summed E-state index contributed by atoms with van der Waals surface area (Å²) < 4.78 is 0. The summed E-state index contributed by atoms with van der Waals surface area (Å²) in [5.74, 6) is 0.866. The van der Waals surface area contributed by atoms with Crippen LogP contribution >= 0.6 is 11.8 Å². The summed E-state index contributed by atoms with van der Waals surface area (Å²) in [4.78, 5) is 13.6. The zero-order valence-corrected chi connectivity index (χ0v) is 11.1. The molecule has 0 fully saturated rings. The van der Waals surface area contributed by atoms with Crippen LogP contribution in [0.4, 0.5) is 0 Å². The Morgan fingerprint density at radius 3 is 2.69 bits per heavy atom. The molecule has 0 bridgehead atoms. The Morgan fingerprint density at radius 1 is 1.50 bits per heavy atom. The molecular formula is C11H24N2O2S. The largest absolute Gasteiger partial charge is 0.395 e. The molecule has 0 heterocycles. The van der Waals surface area contributed by atoms with E-state index in [1.54, 1.807) is 16.7 Å². The molecule has 3 N–H and O–H groups in total. The third-order valence-corrected chi connectivity index (χ3v) is 3.06. The monoisotopic (exact) mass is 248 g/mol. The SMILES string of the molecule is CCCCN(CCO)C(=O)[C@H](N)CCSC. The number of carbonyl (C=O) groups is 1. The molecule has 0 aliphatic heterocycles. The third kappa shape index (κ3) is 6.35. The number of thioether (sulfide) groups is 1. The van der Waals surface area contributed by atoms with Crippen molar-refractivity contribution in [3.63, 3.8) is 0 Å². The number of hydrogen-bond acceptors (Lipinski definition) is 4. The van der Waals surface area contributed by atoms with Gasteiger partial charge in [-0.2, -0.15) is 11.8 Å². The number of rotatable bonds is 9. The van der Waals surface area contributed by atoms with Crippen LogP contribution in [0.25, 0.3) is 0 Å². The number of carbonyl (C=O) groups excluding carboxylic acids is 1. The zero-order valence-electron chi connectivity index (χ0n) is 10.3. The van der Waals surface area contributed by atoms with E-state index in [0.717, 1.165) is 18.6 Å². The Bertz CT molecular complexity index is 191. The highest BCUT2D eigenvalue weighted by Crippen LogP contribution is 2.04. The number of amides is 1. The molecule has 0 saturated heterocycles. The van der Waals surface area contributed by atoms with Crippen LogP contribution in [-0.4, -0.2) is 53.7 Å². The molecule has 1 atom stereocenters. The van der Waals surface area contributed by atoms with Crippen molar-refractivity contribution in [2.24, 2.45) is 5.73 Å². The van der Waals surface area contributed by atoms with Gasteiger partial charge in [-0.1, -0.05) is 13.3 Å². The molecule has 0 aromatic heterocycles. The molecule has 96 valence electrons. The average molecular weight is 248 g/mol. The summed E-state index contributed by atoms with van der Waals surface area (Å²) in [5, 5.41) is 8.90. The van der Waals surface area contributed by atoms with E-state index in [9.17, 15) is 4.79 Å². The van der Waals surface area contributed by atoms with Gasteiger partial charge in [0.15, 0.2) is 0 Å². The standard InChI is InChI=1S/C11H24N2O2S/c1-3-4-6-13(7-8-14)11(15)10(12)5-9-16-2/h10,14H,3-9,12H2,1-2H3/t10-/m1/s1. The fourth-order valence-corrected chi connectivity index (χ4v) is 1.89. The molecule has 1 amide bonds. The molecule has 0 aromatic rings. The number of hydrogen-bond donors (Lipinski definition) is 2. The number of nitrogens with two attached hydrogens (primary N) is 1. The van der Waals surface area contributed by atoms with Gasteiger partial charge >= 0.3 is 0 Å². The van der Waals surface area contributed by atoms with Gasteiger partial charge in [0.1, 0.15) is 0 Å². The number of unbranched alkanes of at least 4 members (excludes halogenated alkanes) is 1. The molecule has 0 aliphatic carbocycles. The molecule has 4 nitrogen and oxygen atoms in total. The number of nitrogens with zero attached hydrogens (tertiary/aromatic N) is 1. The molecule has 0 spiro atoms. The zero-order chi connectivity index (χ0) is 12.4. The van der Waals surface area contributed by atoms with Crippen molar-refractivity contribution < 1.29 is 9.90 Å². The predicted octanol–water partition coefficient (Wildman–Crippen LogP) is 0.688. The van der Waals surface area contributed by atoms with Crippen molar-refractivity contribution in [2.75, 3.05) is 31.7 Å². The maximum Gasteiger partial charge on any atom is 0.239 e. The quantitative estimate of drug-likeness (QED) is 0.630. The smallest absolute Gasteiger partial charge is 0.239 e. The van der Waals surface area contributed by atoms with Crippen LogP contribution in [0.15, 0.2) is 0 Å². The van der Waals surface area contributed by atoms with E-state index in [2.05, 4.69) is 6.92 Å². The minimum absolute atomic E-state index is 0.00466. The second kappa shape index (κ2) is 9.93. The van der Waals surface area contributed by atoms with Crippen molar-refractivity contribution >= 4 is 17.7 Å². The van der Waals surface area contributed by atoms with Crippen LogP contribution in [0, 0.1) is 0 Å². The van der Waals surface area contributed by atoms with Crippen LogP contribution in [0.2, 0.25) is 0 Å². The second-order valence-electron chi connectivity index (χ2n) is 3.79. The van der Waals surface area contributed by atoms with Gasteiger partial charge in [-0.05, 0) is 24.9 Å². The second-order valence-corrected chi connectivity index (χ2v) is 4.78. The van der Waals surface area contributed by atoms with E-state index in [1.807, 2.05) is 6.26 Å². The normalized spacial score (nSPS) is 12.5. The van der Waals surface area contributed by atoms with Gasteiger partial charge in [0.05, 0.1) is 12.6 Å². The van der Waals surface area contributed by atoms with Gasteiger partial charge < -0.3 is 15.7 Å². The van der Waals surface area contributed by atoms with Crippen molar-refractivity contribution in [1.29, 1.82) is 0 Å². The fourth-order valence-electron chi connectivity index (χ4n) is 1.40. The van der Waals surface area contributed by atoms with E-state index < -0.39 is 6.04 Å². The van der Waals surface area contributed by atoms with Crippen LogP contribution in [0.3, 0.4) is 0 Å². The van der Waals surface area contributed by atoms with E-state index in [-0.39, 0.29) is 12.5 Å². The molecule has 0 rings (SSSR count). The molecular weight excluding hydrogens is 224 g/mol. The topological polar surface area (TPSA) is 66.6 Å². The van der Waals surface area contributed by atoms with Crippen LogP contribution in [0.1, 0.15) is 26.2 Å². The van der Waals surface area contributed by atoms with Crippen LogP contribution in [0.5, 0.6) is 0 Å². The number of aliphatic hydroxyl groups is 1. The highest BCUT2D eigenvalue weighted by atomic mass is 32.2. The lowest BCUT2D eigenvalue weighted by molar-refractivity contribution is -0.133. The van der Waals surface area contributed by atoms with Gasteiger partial charge in [0.2, 0.25) is 5.91 Å². The van der Waals surface area contributed by atoms with Crippen molar-refractivity contribution in [1.82, 2.24) is 4.90 Å². The van der Waals surface area contributed by atoms with Crippen LogP contribution in [-0.2, 0) is 4.79 Å². The fraction of sp³-hybridized carbons (Fsp3) is 0.909. The van der Waals surface area contributed by atoms with E-state index in [1.165, 1.54) is 0 Å². The third-order valence-electron chi connectivity index (χ3n) is 2.41. The van der Waals surface area contributed by atoms with E-state index in [0.29, 0.717) is 19.5 Å². The first-order valence-electron chi connectivity index (χ1n) is 5.81. The lowest BCUT2D eigenvalue weighted by atomic mass is 10.2. The molecule has 0 radical (unpaired) electrons. The maximum atomic E-state index is 11.9. The Balaban J connectivity index is 4.12. The molecule has 5 heteroatoms. The average Bonchev–Trinajstić information content (AvgIpc) is 2.30. The van der Waals surface area contributed by atoms with Gasteiger partial charge in [-0.25, -0.2) is 0 Å². The first-order chi connectivity index (χ1) is 7.67. The van der Waals surface area contributed by atoms with E-state index in [4.69, 9.17) is 10.8 Å². The summed E-state index contributed by atoms with van der Waals surface area (Å²) in [7, 11) is 0. The van der Waals surface area contributed by atoms with Gasteiger partial charge in [-0.15, -0.1) is 0 Å². The molecule has 0 aromatic carbocycles. The molecule has 0 aliphatic rings. The lowest BCUT2D eigenvalue weighted by Crippen LogP contribution is -2.45. The van der Waals surface area contributed by atoms with Crippen molar-refractivity contribution in [3.05, 3.63) is 0 Å². The maximum absolute atomic E-state index is 11.9. The van der Waals surface area contributed by atoms with Gasteiger partial charge in [-0.3, -0.25) is 4.79 Å². The predicted molar refractivity (Wildman–Crippen MR) is 69.5 cm³/mol. The summed E-state index contributed by atoms with van der Waals surface area (Å²) in [6, 6.07) is -0.421. The van der Waals surface area contributed by atoms with Gasteiger partial charge in [0.25, 0.3) is 0 Å². The number of aliphatic hydroxyl groups excluding tert-OH is 1. The minimum Gasteiger partial charge on any atom is -0.395 e. The molecule has 16 heavy (non-hydrogen) atoms. The highest BCUT2D eigenvalue weighted by Gasteiger charge is 2.19. The Hall–Kier alpha value is -0.260. The van der Waals surface area contributed by atoms with Crippen molar-refractivity contribution in [2.45, 2.75) is 32.2 Å². The minimum atomic E-state index is -0.421. The summed E-state index contributed by atoms with van der Waals surface area (Å²) in [5.41, 5.74) is 5.82. The Labute approximate surface area is 103 Å². The van der Waals surface area contributed by atoms with Gasteiger partial charge in [0, 0.05) is 13.1 Å². The summed E-state index contributed by atoms with van der Waals surface area (Å²) >= 11 is 1.69. The molecule has 0 unspecified atom stereocenters. The van der Waals surface area contributed by atoms with E-state index >= 15 is 0 Å². The van der Waals surface area contributed by atoms with Crippen molar-refractivity contribution in [3.8, 4) is 0 Å². The molecule has 0 saturated carbocycles. The first kappa shape index (κ1) is 15.7. The Kier molecular flexibility index (Phi) is 9.77.